The maximum absolute atomic E-state index is 12.0. The highest BCUT2D eigenvalue weighted by molar-refractivity contribution is 5.69. The lowest BCUT2D eigenvalue weighted by Crippen LogP contribution is -2.23. The minimum atomic E-state index is -0.339. The molecule has 0 aliphatic carbocycles. The summed E-state index contributed by atoms with van der Waals surface area (Å²) in [5.74, 6) is 1.47. The lowest BCUT2D eigenvalue weighted by molar-refractivity contribution is -0.151. The van der Waals surface area contributed by atoms with E-state index in [-0.39, 0.29) is 24.6 Å². The summed E-state index contributed by atoms with van der Waals surface area (Å²) < 4.78 is 13.6. The van der Waals surface area contributed by atoms with Crippen molar-refractivity contribution in [1.82, 2.24) is 14.8 Å². The molecule has 2 atom stereocenters. The summed E-state index contributed by atoms with van der Waals surface area (Å²) in [5, 5.41) is 17.5. The summed E-state index contributed by atoms with van der Waals surface area (Å²) in [5.41, 5.74) is 1.14. The number of ether oxygens (including phenoxy) is 2. The Morgan fingerprint density at radius 2 is 2.11 bits per heavy atom. The van der Waals surface area contributed by atoms with E-state index < -0.39 is 0 Å². The number of nitrogens with zero attached hydrogens (tertiary/aromatic N) is 3. The van der Waals surface area contributed by atoms with Crippen molar-refractivity contribution in [3.8, 4) is 0 Å². The maximum atomic E-state index is 12.0. The Labute approximate surface area is 165 Å². The minimum Gasteiger partial charge on any atom is -0.454 e. The van der Waals surface area contributed by atoms with Crippen LogP contribution in [0.3, 0.4) is 0 Å². The number of hydrogen-bond donors (Lipinski definition) is 1. The van der Waals surface area contributed by atoms with Crippen LogP contribution in [-0.2, 0) is 27.4 Å². The summed E-state index contributed by atoms with van der Waals surface area (Å²) in [6.45, 7) is 4.13. The first-order valence-electron chi connectivity index (χ1n) is 10.0. The normalized spacial score (nSPS) is 17.1. The van der Waals surface area contributed by atoms with Gasteiger partial charge in [0.1, 0.15) is 5.82 Å². The molecular formula is C21H29N3O4. The Hall–Kier alpha value is -2.25. The summed E-state index contributed by atoms with van der Waals surface area (Å²) in [6.07, 6.45) is 2.92. The lowest BCUT2D eigenvalue weighted by Gasteiger charge is -2.24. The number of aromatic nitrogens is 3. The maximum Gasteiger partial charge on any atom is 0.306 e. The highest BCUT2D eigenvalue weighted by Crippen LogP contribution is 2.30. The first kappa shape index (κ1) is 20.5. The van der Waals surface area contributed by atoms with Crippen LogP contribution in [0.5, 0.6) is 0 Å². The van der Waals surface area contributed by atoms with E-state index in [2.05, 4.69) is 21.7 Å². The number of carbonyl (C=O) groups excluding carboxylic acids is 1. The number of benzene rings is 1. The third-order valence-electron chi connectivity index (χ3n) is 4.93. The fraction of sp³-hybridized carbons (Fsp3) is 0.571. The second kappa shape index (κ2) is 10.3. The molecule has 0 saturated heterocycles. The number of fused-ring (bicyclic) bond motifs is 1. The van der Waals surface area contributed by atoms with Crippen molar-refractivity contribution in [3.05, 3.63) is 47.5 Å². The molecule has 28 heavy (non-hydrogen) atoms. The van der Waals surface area contributed by atoms with Gasteiger partial charge >= 0.3 is 5.97 Å². The minimum absolute atomic E-state index is 0.0959. The fourth-order valence-electron chi connectivity index (χ4n) is 3.44. The number of unbranched alkanes of at least 4 members (excludes halogenated alkanes) is 1. The van der Waals surface area contributed by atoms with Crippen molar-refractivity contribution < 1.29 is 19.4 Å². The van der Waals surface area contributed by atoms with Gasteiger partial charge in [0.15, 0.2) is 11.9 Å². The van der Waals surface area contributed by atoms with Crippen LogP contribution in [0.2, 0.25) is 0 Å². The van der Waals surface area contributed by atoms with Crippen molar-refractivity contribution in [3.63, 3.8) is 0 Å². The summed E-state index contributed by atoms with van der Waals surface area (Å²) >= 11 is 0. The van der Waals surface area contributed by atoms with E-state index in [1.54, 1.807) is 0 Å². The zero-order chi connectivity index (χ0) is 19.8. The molecule has 1 aliphatic rings. The van der Waals surface area contributed by atoms with Gasteiger partial charge in [0, 0.05) is 25.5 Å². The number of aliphatic hydroxyl groups is 1. The van der Waals surface area contributed by atoms with Gasteiger partial charge in [-0.2, -0.15) is 0 Å². The van der Waals surface area contributed by atoms with Crippen molar-refractivity contribution >= 4 is 5.97 Å². The largest absolute Gasteiger partial charge is 0.454 e. The standard InChI is InChI=1S/C21H29N3O4/c1-16(14-27-15-17-8-3-2-4-9-17)20-22-23-21-18(10-7-12-24(20)21)28-19(26)11-5-6-13-25/h2-4,8-9,16,18,25H,5-7,10-15H2,1H3/t16-,18?/m1/s1. The lowest BCUT2D eigenvalue weighted by atomic mass is 10.1. The molecule has 1 aromatic heterocycles. The zero-order valence-corrected chi connectivity index (χ0v) is 16.4. The zero-order valence-electron chi connectivity index (χ0n) is 16.4. The quantitative estimate of drug-likeness (QED) is 0.498. The van der Waals surface area contributed by atoms with Crippen LogP contribution in [0.1, 0.15) is 68.3 Å². The molecule has 0 amide bonds. The molecule has 7 heteroatoms. The highest BCUT2D eigenvalue weighted by Gasteiger charge is 2.29. The van der Waals surface area contributed by atoms with E-state index >= 15 is 0 Å². The monoisotopic (exact) mass is 387 g/mol. The Morgan fingerprint density at radius 3 is 2.89 bits per heavy atom. The Morgan fingerprint density at radius 1 is 1.29 bits per heavy atom. The van der Waals surface area contributed by atoms with Gasteiger partial charge in [-0.1, -0.05) is 37.3 Å². The first-order valence-corrected chi connectivity index (χ1v) is 10.0. The van der Waals surface area contributed by atoms with Gasteiger partial charge < -0.3 is 19.1 Å². The van der Waals surface area contributed by atoms with Crippen molar-refractivity contribution in [2.24, 2.45) is 0 Å². The van der Waals surface area contributed by atoms with Crippen LogP contribution >= 0.6 is 0 Å². The Bertz CT molecular complexity index is 747. The van der Waals surface area contributed by atoms with E-state index in [4.69, 9.17) is 14.6 Å². The molecule has 152 valence electrons. The molecule has 1 aliphatic heterocycles. The summed E-state index contributed by atoms with van der Waals surface area (Å²) in [6, 6.07) is 10.1. The number of rotatable bonds is 10. The third-order valence-corrected chi connectivity index (χ3v) is 4.93. The predicted molar refractivity (Wildman–Crippen MR) is 104 cm³/mol. The Kier molecular flexibility index (Phi) is 7.56. The van der Waals surface area contributed by atoms with Crippen molar-refractivity contribution in [1.29, 1.82) is 0 Å². The number of esters is 1. The number of hydrogen-bond acceptors (Lipinski definition) is 6. The van der Waals surface area contributed by atoms with Crippen LogP contribution < -0.4 is 0 Å². The highest BCUT2D eigenvalue weighted by atomic mass is 16.5. The van der Waals surface area contributed by atoms with Crippen molar-refractivity contribution in [2.45, 2.75) is 64.2 Å². The molecule has 0 saturated carbocycles. The van der Waals surface area contributed by atoms with Gasteiger partial charge in [-0.3, -0.25) is 4.79 Å². The number of aliphatic hydroxyl groups excluding tert-OH is 1. The van der Waals surface area contributed by atoms with Crippen LogP contribution in [0.4, 0.5) is 0 Å². The first-order chi connectivity index (χ1) is 13.7. The van der Waals surface area contributed by atoms with E-state index in [9.17, 15) is 4.79 Å². The van der Waals surface area contributed by atoms with E-state index in [0.29, 0.717) is 32.5 Å². The van der Waals surface area contributed by atoms with Gasteiger partial charge in [-0.25, -0.2) is 0 Å². The van der Waals surface area contributed by atoms with E-state index in [0.717, 1.165) is 36.6 Å². The molecule has 1 N–H and O–H groups in total. The third kappa shape index (κ3) is 5.39. The summed E-state index contributed by atoms with van der Waals surface area (Å²) in [4.78, 5) is 12.0. The van der Waals surface area contributed by atoms with Crippen LogP contribution in [0, 0.1) is 0 Å². The Balaban J connectivity index is 1.56. The molecule has 1 aromatic carbocycles. The second-order valence-electron chi connectivity index (χ2n) is 7.27. The smallest absolute Gasteiger partial charge is 0.306 e. The molecule has 0 spiro atoms. The molecule has 0 fully saturated rings. The SMILES string of the molecule is C[C@H](COCc1ccccc1)c1nnc2n1CCCC2OC(=O)CCCCO. The van der Waals surface area contributed by atoms with Gasteiger partial charge in [0.25, 0.3) is 0 Å². The molecule has 2 heterocycles. The predicted octanol–water partition coefficient (Wildman–Crippen LogP) is 3.14. The van der Waals surface area contributed by atoms with Crippen molar-refractivity contribution in [2.75, 3.05) is 13.2 Å². The molecule has 3 rings (SSSR count). The van der Waals surface area contributed by atoms with Gasteiger partial charge in [0.05, 0.1) is 13.2 Å². The average molecular weight is 387 g/mol. The topological polar surface area (TPSA) is 86.5 Å². The average Bonchev–Trinajstić information content (AvgIpc) is 3.14. The second-order valence-corrected chi connectivity index (χ2v) is 7.27. The van der Waals surface area contributed by atoms with Crippen LogP contribution in [-0.4, -0.2) is 39.1 Å². The molecule has 0 radical (unpaired) electrons. The van der Waals surface area contributed by atoms with Gasteiger partial charge in [0.2, 0.25) is 0 Å². The number of carbonyl (C=O) groups is 1. The van der Waals surface area contributed by atoms with Crippen LogP contribution in [0.15, 0.2) is 30.3 Å². The molecule has 2 aromatic rings. The summed E-state index contributed by atoms with van der Waals surface area (Å²) in [7, 11) is 0. The molecule has 7 nitrogen and oxygen atoms in total. The van der Waals surface area contributed by atoms with Gasteiger partial charge in [-0.05, 0) is 31.2 Å². The molecule has 0 bridgehead atoms. The van der Waals surface area contributed by atoms with E-state index in [1.807, 2.05) is 30.3 Å². The van der Waals surface area contributed by atoms with E-state index in [1.165, 1.54) is 0 Å². The fourth-order valence-corrected chi connectivity index (χ4v) is 3.44. The molecule has 1 unspecified atom stereocenters. The van der Waals surface area contributed by atoms with Gasteiger partial charge in [-0.15, -0.1) is 10.2 Å². The van der Waals surface area contributed by atoms with Crippen LogP contribution in [0.25, 0.3) is 0 Å². The molecular weight excluding hydrogens is 358 g/mol.